The third-order valence-corrected chi connectivity index (χ3v) is 3.04. The van der Waals surface area contributed by atoms with Crippen molar-refractivity contribution in [3.8, 4) is 11.4 Å². The maximum Gasteiger partial charge on any atom is 0.297 e. The van der Waals surface area contributed by atoms with Crippen LogP contribution in [-0.4, -0.2) is 24.8 Å². The molecule has 0 aliphatic carbocycles. The van der Waals surface area contributed by atoms with Gasteiger partial charge in [-0.2, -0.15) is 0 Å². The second-order valence-corrected chi connectivity index (χ2v) is 5.61. The second kappa shape index (κ2) is 8.42. The molecule has 0 amide bonds. The van der Waals surface area contributed by atoms with Gasteiger partial charge in [-0.25, -0.2) is 18.6 Å². The highest BCUT2D eigenvalue weighted by atomic mass is 35.7. The Bertz CT molecular complexity index is 926. The standard InChI is InChI=1S/C13H9N6O4.ClHO4/c20-18(21)12-5-1-3-10(7-12)16-14-9-15-17(16)11-4-2-6-13(8-11)19(22)23;2-1(3,4)5/h1-9H;(H,2,3,4,5)/q+1;/p-1. The Kier molecular flexibility index (Phi) is 6.24. The van der Waals surface area contributed by atoms with E-state index in [-0.39, 0.29) is 11.4 Å². The average Bonchev–Trinajstić information content (AvgIpc) is 3.10. The number of aromatic nitrogens is 4. The first-order valence-electron chi connectivity index (χ1n) is 7.00. The molecule has 0 radical (unpaired) electrons. The van der Waals surface area contributed by atoms with Crippen molar-refractivity contribution >= 4 is 11.4 Å². The first-order chi connectivity index (χ1) is 13.1. The lowest BCUT2D eigenvalue weighted by atomic mass is 10.3. The molecule has 0 saturated carbocycles. The van der Waals surface area contributed by atoms with Crippen LogP contribution in [0.5, 0.6) is 0 Å². The van der Waals surface area contributed by atoms with Gasteiger partial charge in [-0.05, 0) is 22.0 Å². The van der Waals surface area contributed by atoms with E-state index < -0.39 is 20.1 Å². The molecule has 0 fully saturated rings. The van der Waals surface area contributed by atoms with Crippen molar-refractivity contribution in [1.82, 2.24) is 15.0 Å². The number of benzene rings is 2. The van der Waals surface area contributed by atoms with Crippen LogP contribution >= 0.6 is 0 Å². The summed E-state index contributed by atoms with van der Waals surface area (Å²) in [5, 5.41) is 29.8. The van der Waals surface area contributed by atoms with E-state index in [0.717, 1.165) is 0 Å². The Morgan fingerprint density at radius 2 is 1.43 bits per heavy atom. The molecule has 0 spiro atoms. The average molecular weight is 413 g/mol. The van der Waals surface area contributed by atoms with Crippen molar-refractivity contribution in [3.63, 3.8) is 0 Å². The predicted molar refractivity (Wildman–Crippen MR) is 76.2 cm³/mol. The molecule has 0 bridgehead atoms. The van der Waals surface area contributed by atoms with E-state index in [1.807, 2.05) is 0 Å². The fraction of sp³-hybridized carbons (Fsp3) is 0. The zero-order valence-electron chi connectivity index (χ0n) is 13.5. The highest BCUT2D eigenvalue weighted by Gasteiger charge is 2.20. The molecule has 3 rings (SSSR count). The number of nitro groups is 2. The molecule has 1 aromatic heterocycles. The molecule has 0 saturated heterocycles. The molecule has 0 aliphatic rings. The minimum absolute atomic E-state index is 0.0939. The fourth-order valence-corrected chi connectivity index (χ4v) is 2.03. The van der Waals surface area contributed by atoms with Gasteiger partial charge >= 0.3 is 0 Å². The molecule has 0 aliphatic heterocycles. The van der Waals surface area contributed by atoms with Gasteiger partial charge in [-0.3, -0.25) is 20.2 Å². The Morgan fingerprint density at radius 1 is 0.893 bits per heavy atom. The zero-order chi connectivity index (χ0) is 20.9. The minimum Gasteiger partial charge on any atom is -0.258 e. The van der Waals surface area contributed by atoms with Gasteiger partial charge in [0.2, 0.25) is 0 Å². The monoisotopic (exact) mass is 412 g/mol. The maximum absolute atomic E-state index is 10.9. The van der Waals surface area contributed by atoms with Crippen molar-refractivity contribution in [3.05, 3.63) is 75.1 Å². The topological polar surface area (TPSA) is 213 Å². The molecule has 0 N–H and O–H groups in total. The van der Waals surface area contributed by atoms with Crippen LogP contribution < -0.4 is 23.4 Å². The quantitative estimate of drug-likeness (QED) is 0.235. The maximum atomic E-state index is 10.9. The van der Waals surface area contributed by atoms with Gasteiger partial charge in [0.15, 0.2) is 5.69 Å². The Labute approximate surface area is 157 Å². The normalized spacial score (nSPS) is 10.7. The van der Waals surface area contributed by atoms with Crippen molar-refractivity contribution < 1.29 is 43.5 Å². The Hall–Kier alpha value is -3.56. The number of hydrogen-bond donors (Lipinski definition) is 0. The van der Waals surface area contributed by atoms with Crippen LogP contribution in [0.15, 0.2) is 54.9 Å². The van der Waals surface area contributed by atoms with E-state index in [1.165, 1.54) is 52.3 Å². The van der Waals surface area contributed by atoms with E-state index in [9.17, 15) is 20.2 Å². The van der Waals surface area contributed by atoms with Crippen LogP contribution in [0.4, 0.5) is 11.4 Å². The summed E-state index contributed by atoms with van der Waals surface area (Å²) < 4.78 is 34.0. The summed E-state index contributed by atoms with van der Waals surface area (Å²) in [6, 6.07) is 11.7. The van der Waals surface area contributed by atoms with Gasteiger partial charge in [-0.1, -0.05) is 12.1 Å². The van der Waals surface area contributed by atoms with Crippen LogP contribution in [-0.2, 0) is 0 Å². The van der Waals surface area contributed by atoms with Crippen LogP contribution in [0, 0.1) is 30.5 Å². The molecule has 15 heteroatoms. The minimum atomic E-state index is -4.94. The fourth-order valence-electron chi connectivity index (χ4n) is 2.03. The van der Waals surface area contributed by atoms with E-state index >= 15 is 0 Å². The molecular formula is C13H9ClN6O8. The molecule has 1 heterocycles. The summed E-state index contributed by atoms with van der Waals surface area (Å²) in [7, 11) is -4.94. The number of tetrazole rings is 1. The molecule has 2 aromatic carbocycles. The van der Waals surface area contributed by atoms with Crippen molar-refractivity contribution in [2.24, 2.45) is 0 Å². The molecule has 0 unspecified atom stereocenters. The first-order valence-corrected chi connectivity index (χ1v) is 8.24. The van der Waals surface area contributed by atoms with E-state index in [1.54, 1.807) is 12.1 Å². The lowest BCUT2D eigenvalue weighted by Crippen LogP contribution is -2.68. The van der Waals surface area contributed by atoms with Crippen molar-refractivity contribution in [2.75, 3.05) is 0 Å². The number of nitrogens with zero attached hydrogens (tertiary/aromatic N) is 6. The van der Waals surface area contributed by atoms with Gasteiger partial charge < -0.3 is 0 Å². The van der Waals surface area contributed by atoms with Crippen LogP contribution in [0.2, 0.25) is 0 Å². The van der Waals surface area contributed by atoms with Gasteiger partial charge in [0.05, 0.1) is 21.0 Å². The van der Waals surface area contributed by atoms with Crippen LogP contribution in [0.25, 0.3) is 11.4 Å². The first kappa shape index (κ1) is 20.7. The van der Waals surface area contributed by atoms with Crippen molar-refractivity contribution in [2.45, 2.75) is 0 Å². The third-order valence-electron chi connectivity index (χ3n) is 3.04. The summed E-state index contributed by atoms with van der Waals surface area (Å²) in [6.45, 7) is 0. The highest BCUT2D eigenvalue weighted by molar-refractivity contribution is 5.42. The largest absolute Gasteiger partial charge is 0.297 e. The SMILES string of the molecule is O=[N+]([O-])c1cccc(-n2ncn[n+]2-c2cccc([N+](=O)[O-])c2)c1.[O-][Cl+3]([O-])([O-])[O-]. The molecule has 0 atom stereocenters. The lowest BCUT2D eigenvalue weighted by Gasteiger charge is -2.17. The summed E-state index contributed by atoms with van der Waals surface area (Å²) in [5.41, 5.74) is 0.624. The van der Waals surface area contributed by atoms with Crippen LogP contribution in [0.1, 0.15) is 0 Å². The third kappa shape index (κ3) is 5.73. The molecular weight excluding hydrogens is 404 g/mol. The van der Waals surface area contributed by atoms with Gasteiger partial charge in [0, 0.05) is 23.0 Å². The Morgan fingerprint density at radius 3 is 2.00 bits per heavy atom. The van der Waals surface area contributed by atoms with Gasteiger partial charge in [0.25, 0.3) is 17.7 Å². The smallest absolute Gasteiger partial charge is 0.258 e. The number of non-ortho nitro benzene ring substituents is 2. The van der Waals surface area contributed by atoms with Crippen LogP contribution in [0.3, 0.4) is 0 Å². The predicted octanol–water partition coefficient (Wildman–Crippen LogP) is -3.40. The summed E-state index contributed by atoms with van der Waals surface area (Å²) in [5.74, 6) is 0. The van der Waals surface area contributed by atoms with Gasteiger partial charge in [0.1, 0.15) is 5.69 Å². The highest BCUT2D eigenvalue weighted by Crippen LogP contribution is 2.16. The molecule has 3 aromatic rings. The van der Waals surface area contributed by atoms with Gasteiger partial charge in [-0.15, -0.1) is 10.2 Å². The number of rotatable bonds is 4. The number of halogens is 1. The summed E-state index contributed by atoms with van der Waals surface area (Å²) in [4.78, 5) is 23.3. The molecule has 28 heavy (non-hydrogen) atoms. The number of hydrogen-bond acceptors (Lipinski definition) is 10. The lowest BCUT2D eigenvalue weighted by molar-refractivity contribution is -2.00. The number of nitro benzene ring substituents is 2. The zero-order valence-corrected chi connectivity index (χ0v) is 14.3. The van der Waals surface area contributed by atoms with E-state index in [0.29, 0.717) is 11.4 Å². The van der Waals surface area contributed by atoms with Crippen molar-refractivity contribution in [1.29, 1.82) is 0 Å². The molecule has 146 valence electrons. The Balaban J connectivity index is 0.000000500. The van der Waals surface area contributed by atoms with E-state index in [4.69, 9.17) is 18.6 Å². The summed E-state index contributed by atoms with van der Waals surface area (Å²) in [6.07, 6.45) is 1.25. The molecule has 14 nitrogen and oxygen atoms in total. The second-order valence-electron chi connectivity index (χ2n) is 4.86. The van der Waals surface area contributed by atoms with E-state index in [2.05, 4.69) is 10.2 Å². The summed E-state index contributed by atoms with van der Waals surface area (Å²) >= 11 is 0.